The molecule has 4 heteroatoms. The van der Waals surface area contributed by atoms with Crippen molar-refractivity contribution in [3.63, 3.8) is 0 Å². The molecule has 0 aliphatic rings. The van der Waals surface area contributed by atoms with E-state index in [1.807, 2.05) is 32.9 Å². The summed E-state index contributed by atoms with van der Waals surface area (Å²) >= 11 is 1.70. The second kappa shape index (κ2) is 6.68. The van der Waals surface area contributed by atoms with Crippen LogP contribution in [0.1, 0.15) is 30.1 Å². The average molecular weight is 276 g/mol. The molecule has 2 aromatic rings. The van der Waals surface area contributed by atoms with Gasteiger partial charge in [0.05, 0.1) is 6.10 Å². The number of ether oxygens (including phenoxy) is 1. The van der Waals surface area contributed by atoms with E-state index >= 15 is 0 Å². The summed E-state index contributed by atoms with van der Waals surface area (Å²) in [5.41, 5.74) is 2.32. The lowest BCUT2D eigenvalue weighted by Gasteiger charge is -2.11. The zero-order valence-corrected chi connectivity index (χ0v) is 12.5. The van der Waals surface area contributed by atoms with E-state index in [2.05, 4.69) is 27.8 Å². The molecule has 0 spiro atoms. The SMILES string of the molecule is Cc1csc(CNCc2cccc(OC(C)C)c2)n1. The van der Waals surface area contributed by atoms with Crippen LogP contribution in [0.5, 0.6) is 5.75 Å². The van der Waals surface area contributed by atoms with Crippen molar-refractivity contribution in [3.8, 4) is 5.75 Å². The third kappa shape index (κ3) is 4.65. The van der Waals surface area contributed by atoms with Gasteiger partial charge in [-0.3, -0.25) is 0 Å². The maximum absolute atomic E-state index is 5.68. The molecule has 0 bridgehead atoms. The maximum Gasteiger partial charge on any atom is 0.120 e. The second-order valence-electron chi connectivity index (χ2n) is 4.80. The lowest BCUT2D eigenvalue weighted by Crippen LogP contribution is -2.13. The molecule has 19 heavy (non-hydrogen) atoms. The van der Waals surface area contributed by atoms with Crippen molar-refractivity contribution in [2.75, 3.05) is 0 Å². The second-order valence-corrected chi connectivity index (χ2v) is 5.74. The molecule has 0 saturated heterocycles. The fraction of sp³-hybridized carbons (Fsp3) is 0.400. The predicted octanol–water partition coefficient (Wildman–Crippen LogP) is 3.53. The van der Waals surface area contributed by atoms with E-state index in [-0.39, 0.29) is 6.10 Å². The molecule has 1 heterocycles. The van der Waals surface area contributed by atoms with Crippen LogP contribution in [0.4, 0.5) is 0 Å². The molecule has 0 saturated carbocycles. The average Bonchev–Trinajstić information content (AvgIpc) is 2.75. The highest BCUT2D eigenvalue weighted by atomic mass is 32.1. The van der Waals surface area contributed by atoms with Crippen molar-refractivity contribution < 1.29 is 4.74 Å². The molecule has 2 rings (SSSR count). The van der Waals surface area contributed by atoms with Crippen LogP contribution in [-0.2, 0) is 13.1 Å². The number of nitrogens with one attached hydrogen (secondary N) is 1. The highest BCUT2D eigenvalue weighted by molar-refractivity contribution is 7.09. The Labute approximate surface area is 118 Å². The number of rotatable bonds is 6. The first-order chi connectivity index (χ1) is 9.13. The largest absolute Gasteiger partial charge is 0.491 e. The summed E-state index contributed by atoms with van der Waals surface area (Å²) in [5, 5.41) is 6.61. The van der Waals surface area contributed by atoms with E-state index in [9.17, 15) is 0 Å². The van der Waals surface area contributed by atoms with Crippen LogP contribution < -0.4 is 10.1 Å². The van der Waals surface area contributed by atoms with Crippen molar-refractivity contribution in [2.45, 2.75) is 40.0 Å². The molecule has 0 fully saturated rings. The van der Waals surface area contributed by atoms with Crippen LogP contribution >= 0.6 is 11.3 Å². The van der Waals surface area contributed by atoms with Crippen LogP contribution in [0.15, 0.2) is 29.6 Å². The van der Waals surface area contributed by atoms with Gasteiger partial charge in [0.25, 0.3) is 0 Å². The summed E-state index contributed by atoms with van der Waals surface area (Å²) < 4.78 is 5.68. The quantitative estimate of drug-likeness (QED) is 0.876. The standard InChI is InChI=1S/C15H20N2OS/c1-11(2)18-14-6-4-5-13(7-14)8-16-9-15-17-12(3)10-19-15/h4-7,10-11,16H,8-9H2,1-3H3. The third-order valence-electron chi connectivity index (χ3n) is 2.54. The molecule has 0 radical (unpaired) electrons. The van der Waals surface area contributed by atoms with Gasteiger partial charge >= 0.3 is 0 Å². The van der Waals surface area contributed by atoms with E-state index in [4.69, 9.17) is 4.74 Å². The van der Waals surface area contributed by atoms with Crippen molar-refractivity contribution in [2.24, 2.45) is 0 Å². The molecule has 0 amide bonds. The Hall–Kier alpha value is -1.39. The number of hydrogen-bond donors (Lipinski definition) is 1. The summed E-state index contributed by atoms with van der Waals surface area (Å²) in [7, 11) is 0. The molecule has 0 aliphatic carbocycles. The molecular weight excluding hydrogens is 256 g/mol. The predicted molar refractivity (Wildman–Crippen MR) is 79.6 cm³/mol. The molecule has 102 valence electrons. The number of aromatic nitrogens is 1. The lowest BCUT2D eigenvalue weighted by molar-refractivity contribution is 0.242. The number of benzene rings is 1. The van der Waals surface area contributed by atoms with E-state index in [1.165, 1.54) is 5.56 Å². The van der Waals surface area contributed by atoms with Crippen LogP contribution in [0.25, 0.3) is 0 Å². The van der Waals surface area contributed by atoms with Gasteiger partial charge in [-0.15, -0.1) is 11.3 Å². The number of thiazole rings is 1. The van der Waals surface area contributed by atoms with Gasteiger partial charge in [0.2, 0.25) is 0 Å². The monoisotopic (exact) mass is 276 g/mol. The first kappa shape index (κ1) is 14.0. The molecular formula is C15H20N2OS. The Morgan fingerprint density at radius 2 is 2.16 bits per heavy atom. The van der Waals surface area contributed by atoms with E-state index in [1.54, 1.807) is 11.3 Å². The first-order valence-electron chi connectivity index (χ1n) is 6.51. The Bertz CT molecular complexity index is 522. The van der Waals surface area contributed by atoms with Crippen LogP contribution in [0, 0.1) is 6.92 Å². The lowest BCUT2D eigenvalue weighted by atomic mass is 10.2. The minimum Gasteiger partial charge on any atom is -0.491 e. The van der Waals surface area contributed by atoms with Gasteiger partial charge < -0.3 is 10.1 Å². The van der Waals surface area contributed by atoms with Gasteiger partial charge in [-0.25, -0.2) is 4.98 Å². The summed E-state index contributed by atoms with van der Waals surface area (Å²) in [6.07, 6.45) is 0.210. The molecule has 0 aliphatic heterocycles. The van der Waals surface area contributed by atoms with Crippen LogP contribution in [0.2, 0.25) is 0 Å². The number of nitrogens with zero attached hydrogens (tertiary/aromatic N) is 1. The number of aryl methyl sites for hydroxylation is 1. The minimum atomic E-state index is 0.210. The van der Waals surface area contributed by atoms with Gasteiger partial charge in [-0.1, -0.05) is 12.1 Å². The van der Waals surface area contributed by atoms with E-state index in [0.29, 0.717) is 0 Å². The summed E-state index contributed by atoms with van der Waals surface area (Å²) in [4.78, 5) is 4.43. The van der Waals surface area contributed by atoms with Crippen molar-refractivity contribution in [3.05, 3.63) is 45.9 Å². The summed E-state index contributed by atoms with van der Waals surface area (Å²) in [6.45, 7) is 7.74. The van der Waals surface area contributed by atoms with E-state index in [0.717, 1.165) is 29.5 Å². The highest BCUT2D eigenvalue weighted by Crippen LogP contribution is 2.15. The van der Waals surface area contributed by atoms with Gasteiger partial charge in [-0.05, 0) is 38.5 Å². The highest BCUT2D eigenvalue weighted by Gasteiger charge is 2.01. The summed E-state index contributed by atoms with van der Waals surface area (Å²) in [6, 6.07) is 8.21. The Morgan fingerprint density at radius 1 is 1.32 bits per heavy atom. The third-order valence-corrected chi connectivity index (χ3v) is 3.51. The van der Waals surface area contributed by atoms with Gasteiger partial charge in [0.1, 0.15) is 10.8 Å². The molecule has 0 unspecified atom stereocenters. The molecule has 1 N–H and O–H groups in total. The van der Waals surface area contributed by atoms with Crippen LogP contribution in [-0.4, -0.2) is 11.1 Å². The van der Waals surface area contributed by atoms with Crippen LogP contribution in [0.3, 0.4) is 0 Å². The topological polar surface area (TPSA) is 34.1 Å². The smallest absolute Gasteiger partial charge is 0.120 e. The molecule has 0 atom stereocenters. The van der Waals surface area contributed by atoms with Gasteiger partial charge in [-0.2, -0.15) is 0 Å². The van der Waals surface area contributed by atoms with Gasteiger partial charge in [0.15, 0.2) is 0 Å². The Kier molecular flexibility index (Phi) is 4.93. The Balaban J connectivity index is 1.85. The van der Waals surface area contributed by atoms with E-state index < -0.39 is 0 Å². The zero-order chi connectivity index (χ0) is 13.7. The molecule has 1 aromatic heterocycles. The van der Waals surface area contributed by atoms with Crippen molar-refractivity contribution >= 4 is 11.3 Å². The fourth-order valence-electron chi connectivity index (χ4n) is 1.80. The minimum absolute atomic E-state index is 0.210. The Morgan fingerprint density at radius 3 is 2.84 bits per heavy atom. The number of hydrogen-bond acceptors (Lipinski definition) is 4. The molecule has 3 nitrogen and oxygen atoms in total. The van der Waals surface area contributed by atoms with Gasteiger partial charge in [0, 0.05) is 24.2 Å². The normalized spacial score (nSPS) is 10.9. The zero-order valence-electron chi connectivity index (χ0n) is 11.6. The first-order valence-corrected chi connectivity index (χ1v) is 7.39. The van der Waals surface area contributed by atoms with Crippen molar-refractivity contribution in [1.29, 1.82) is 0 Å². The maximum atomic E-state index is 5.68. The molecule has 1 aromatic carbocycles. The fourth-order valence-corrected chi connectivity index (χ4v) is 2.54. The van der Waals surface area contributed by atoms with Crippen molar-refractivity contribution in [1.82, 2.24) is 10.3 Å². The summed E-state index contributed by atoms with van der Waals surface area (Å²) in [5.74, 6) is 0.930.